The van der Waals surface area contributed by atoms with Gasteiger partial charge in [-0.25, -0.2) is 4.98 Å². The molecular formula is C19H21ClN4O. The van der Waals surface area contributed by atoms with Crippen molar-refractivity contribution in [2.75, 3.05) is 18.4 Å². The number of piperidine rings is 1. The molecule has 1 N–H and O–H groups in total. The first kappa shape index (κ1) is 17.4. The lowest BCUT2D eigenvalue weighted by Crippen LogP contribution is -2.36. The summed E-state index contributed by atoms with van der Waals surface area (Å²) in [6, 6.07) is 5.49. The number of likely N-dealkylation sites (tertiary alicyclic amines) is 1. The van der Waals surface area contributed by atoms with Gasteiger partial charge in [-0.3, -0.25) is 9.78 Å². The zero-order chi connectivity index (χ0) is 17.8. The highest BCUT2D eigenvalue weighted by Crippen LogP contribution is 2.25. The second-order valence-electron chi connectivity index (χ2n) is 6.14. The summed E-state index contributed by atoms with van der Waals surface area (Å²) >= 11 is 6.32. The molecule has 1 fully saturated rings. The molecule has 1 amide bonds. The van der Waals surface area contributed by atoms with E-state index in [9.17, 15) is 4.79 Å². The molecule has 3 heterocycles. The molecule has 0 radical (unpaired) electrons. The minimum atomic E-state index is -0.0306. The second-order valence-corrected chi connectivity index (χ2v) is 6.55. The first-order valence-electron chi connectivity index (χ1n) is 8.35. The Hall–Kier alpha value is -2.40. The van der Waals surface area contributed by atoms with Crippen LogP contribution in [-0.4, -0.2) is 33.9 Å². The number of aromatic nitrogens is 2. The molecule has 25 heavy (non-hydrogen) atoms. The summed E-state index contributed by atoms with van der Waals surface area (Å²) in [6.07, 6.45) is 7.44. The van der Waals surface area contributed by atoms with E-state index in [-0.39, 0.29) is 5.91 Å². The number of anilines is 2. The maximum atomic E-state index is 12.7. The van der Waals surface area contributed by atoms with Gasteiger partial charge >= 0.3 is 0 Å². The fourth-order valence-electron chi connectivity index (χ4n) is 2.82. The molecule has 0 aromatic carbocycles. The molecule has 130 valence electrons. The van der Waals surface area contributed by atoms with Crippen LogP contribution < -0.4 is 5.32 Å². The second kappa shape index (κ2) is 7.66. The van der Waals surface area contributed by atoms with Gasteiger partial charge < -0.3 is 10.2 Å². The largest absolute Gasteiger partial charge is 0.338 e. The van der Waals surface area contributed by atoms with Crippen molar-refractivity contribution in [2.24, 2.45) is 0 Å². The van der Waals surface area contributed by atoms with E-state index in [2.05, 4.69) is 21.4 Å². The molecule has 1 aliphatic heterocycles. The van der Waals surface area contributed by atoms with Gasteiger partial charge in [-0.2, -0.15) is 0 Å². The number of allylic oxidation sites excluding steroid dienone is 1. The monoisotopic (exact) mass is 356 g/mol. The van der Waals surface area contributed by atoms with Crippen molar-refractivity contribution in [2.45, 2.75) is 26.7 Å². The lowest BCUT2D eigenvalue weighted by Gasteiger charge is -2.28. The zero-order valence-corrected chi connectivity index (χ0v) is 15.2. The van der Waals surface area contributed by atoms with Crippen LogP contribution in [0.25, 0.3) is 0 Å². The maximum absolute atomic E-state index is 12.7. The number of amides is 1. The molecule has 0 bridgehead atoms. The van der Waals surface area contributed by atoms with Crippen molar-refractivity contribution in [1.82, 2.24) is 14.9 Å². The van der Waals surface area contributed by atoms with Crippen LogP contribution in [0.4, 0.5) is 11.5 Å². The Kier molecular flexibility index (Phi) is 5.34. The van der Waals surface area contributed by atoms with Gasteiger partial charge in [-0.15, -0.1) is 0 Å². The van der Waals surface area contributed by atoms with E-state index in [0.717, 1.165) is 30.8 Å². The van der Waals surface area contributed by atoms with Gasteiger partial charge in [0.05, 0.1) is 22.5 Å². The molecule has 2 aromatic heterocycles. The number of nitrogens with one attached hydrogen (secondary N) is 1. The van der Waals surface area contributed by atoms with Crippen molar-refractivity contribution in [1.29, 1.82) is 0 Å². The Morgan fingerprint density at radius 1 is 1.32 bits per heavy atom. The van der Waals surface area contributed by atoms with E-state index in [0.29, 0.717) is 22.9 Å². The smallest absolute Gasteiger partial charge is 0.255 e. The fourth-order valence-corrected chi connectivity index (χ4v) is 3.03. The van der Waals surface area contributed by atoms with Gasteiger partial charge in [-0.1, -0.05) is 23.3 Å². The number of carbonyl (C=O) groups excluding carboxylic acids is 1. The SMILES string of the molecule is C/C=C1/CCCN(C(=O)c2cnc(Nc3ccc(C)nc3)c(Cl)c2)C1. The normalized spacial score (nSPS) is 16.1. The van der Waals surface area contributed by atoms with Crippen LogP contribution in [0.15, 0.2) is 42.2 Å². The standard InChI is InChI=1S/C19H21ClN4O/c1-3-14-5-4-8-24(12-14)19(25)15-9-17(20)18(22-10-15)23-16-7-6-13(2)21-11-16/h3,6-7,9-11H,4-5,8,12H2,1-2H3,(H,22,23)/b14-3-. The Bertz CT molecular complexity index is 802. The average Bonchev–Trinajstić information content (AvgIpc) is 2.64. The van der Waals surface area contributed by atoms with Gasteiger partial charge in [0, 0.05) is 25.0 Å². The van der Waals surface area contributed by atoms with E-state index in [1.165, 1.54) is 5.57 Å². The minimum Gasteiger partial charge on any atom is -0.338 e. The molecule has 1 aliphatic rings. The molecule has 0 atom stereocenters. The van der Waals surface area contributed by atoms with Crippen molar-refractivity contribution < 1.29 is 4.79 Å². The first-order chi connectivity index (χ1) is 12.1. The Morgan fingerprint density at radius 3 is 2.84 bits per heavy atom. The summed E-state index contributed by atoms with van der Waals surface area (Å²) in [5.41, 5.74) is 3.54. The fraction of sp³-hybridized carbons (Fsp3) is 0.316. The van der Waals surface area contributed by atoms with E-state index in [1.54, 1.807) is 18.5 Å². The van der Waals surface area contributed by atoms with Crippen LogP contribution in [0.1, 0.15) is 35.8 Å². The third-order valence-corrected chi connectivity index (χ3v) is 4.57. The van der Waals surface area contributed by atoms with E-state index in [4.69, 9.17) is 11.6 Å². The molecule has 1 saturated heterocycles. The number of halogens is 1. The van der Waals surface area contributed by atoms with E-state index < -0.39 is 0 Å². The van der Waals surface area contributed by atoms with Crippen molar-refractivity contribution in [3.05, 3.63) is 58.5 Å². The van der Waals surface area contributed by atoms with Crippen LogP contribution in [0.3, 0.4) is 0 Å². The van der Waals surface area contributed by atoms with Crippen LogP contribution in [-0.2, 0) is 0 Å². The van der Waals surface area contributed by atoms with Gasteiger partial charge in [-0.05, 0) is 44.9 Å². The predicted octanol–water partition coefficient (Wildman–Crippen LogP) is 4.36. The highest BCUT2D eigenvalue weighted by Gasteiger charge is 2.21. The molecule has 2 aromatic rings. The van der Waals surface area contributed by atoms with Crippen molar-refractivity contribution >= 4 is 29.0 Å². The summed E-state index contributed by atoms with van der Waals surface area (Å²) in [6.45, 7) is 5.39. The number of carbonyl (C=O) groups is 1. The number of nitrogens with zero attached hydrogens (tertiary/aromatic N) is 3. The lowest BCUT2D eigenvalue weighted by atomic mass is 10.0. The van der Waals surface area contributed by atoms with Crippen LogP contribution in [0, 0.1) is 6.92 Å². The number of hydrogen-bond acceptors (Lipinski definition) is 4. The highest BCUT2D eigenvalue weighted by molar-refractivity contribution is 6.33. The molecule has 5 nitrogen and oxygen atoms in total. The summed E-state index contributed by atoms with van der Waals surface area (Å²) in [5, 5.41) is 3.53. The van der Waals surface area contributed by atoms with E-state index in [1.807, 2.05) is 30.9 Å². The Morgan fingerprint density at radius 2 is 2.16 bits per heavy atom. The number of hydrogen-bond donors (Lipinski definition) is 1. The quantitative estimate of drug-likeness (QED) is 0.830. The number of aryl methyl sites for hydroxylation is 1. The lowest BCUT2D eigenvalue weighted by molar-refractivity contribution is 0.0751. The molecule has 0 saturated carbocycles. The summed E-state index contributed by atoms with van der Waals surface area (Å²) in [5.74, 6) is 0.480. The first-order valence-corrected chi connectivity index (χ1v) is 8.73. The van der Waals surface area contributed by atoms with Gasteiger partial charge in [0.2, 0.25) is 0 Å². The third-order valence-electron chi connectivity index (χ3n) is 4.28. The van der Waals surface area contributed by atoms with Gasteiger partial charge in [0.15, 0.2) is 0 Å². The van der Waals surface area contributed by atoms with Gasteiger partial charge in [0.25, 0.3) is 5.91 Å². The summed E-state index contributed by atoms with van der Waals surface area (Å²) in [4.78, 5) is 23.1. The topological polar surface area (TPSA) is 58.1 Å². The molecule has 0 unspecified atom stereocenters. The van der Waals surface area contributed by atoms with Crippen molar-refractivity contribution in [3.8, 4) is 0 Å². The molecule has 0 spiro atoms. The Labute approximate surface area is 152 Å². The summed E-state index contributed by atoms with van der Waals surface area (Å²) < 4.78 is 0. The third kappa shape index (κ3) is 4.17. The molecule has 6 heteroatoms. The highest BCUT2D eigenvalue weighted by atomic mass is 35.5. The van der Waals surface area contributed by atoms with Crippen molar-refractivity contribution in [3.63, 3.8) is 0 Å². The van der Waals surface area contributed by atoms with Gasteiger partial charge in [0.1, 0.15) is 5.82 Å². The Balaban J connectivity index is 1.74. The number of rotatable bonds is 3. The number of pyridine rings is 2. The van der Waals surface area contributed by atoms with Crippen LogP contribution in [0.5, 0.6) is 0 Å². The minimum absolute atomic E-state index is 0.0306. The predicted molar refractivity (Wildman–Crippen MR) is 100 cm³/mol. The van der Waals surface area contributed by atoms with E-state index >= 15 is 0 Å². The van der Waals surface area contributed by atoms with Crippen LogP contribution in [0.2, 0.25) is 5.02 Å². The molecule has 3 rings (SSSR count). The summed E-state index contributed by atoms with van der Waals surface area (Å²) in [7, 11) is 0. The maximum Gasteiger partial charge on any atom is 0.255 e. The zero-order valence-electron chi connectivity index (χ0n) is 14.4. The average molecular weight is 357 g/mol. The molecule has 0 aliphatic carbocycles. The van der Waals surface area contributed by atoms with Crippen LogP contribution >= 0.6 is 11.6 Å². The molecular weight excluding hydrogens is 336 g/mol.